The fraction of sp³-hybridized carbons (Fsp3) is 0.938. The van der Waals surface area contributed by atoms with Gasteiger partial charge in [0.1, 0.15) is 0 Å². The standard InChI is InChI=1S/C16H35N5O2.HI/c1-5-17-16(18-7-9-20(2)8-6-11-22-4)19-13-15-14-21(3)10-12-23-15;/h15H,5-14H2,1-4H3,(H2,17,18,19);1H. The fourth-order valence-electron chi connectivity index (χ4n) is 2.47. The summed E-state index contributed by atoms with van der Waals surface area (Å²) in [5.41, 5.74) is 0. The van der Waals surface area contributed by atoms with Crippen LogP contribution < -0.4 is 10.6 Å². The molecular formula is C16H36IN5O2. The topological polar surface area (TPSA) is 61.4 Å². The Morgan fingerprint density at radius 2 is 2.17 bits per heavy atom. The van der Waals surface area contributed by atoms with Crippen molar-refractivity contribution in [2.24, 2.45) is 4.99 Å². The van der Waals surface area contributed by atoms with Gasteiger partial charge in [-0.15, -0.1) is 24.0 Å². The molecule has 24 heavy (non-hydrogen) atoms. The van der Waals surface area contributed by atoms with Crippen molar-refractivity contribution >= 4 is 29.9 Å². The predicted octanol–water partition coefficient (Wildman–Crippen LogP) is 0.458. The van der Waals surface area contributed by atoms with Crippen molar-refractivity contribution in [3.8, 4) is 0 Å². The monoisotopic (exact) mass is 457 g/mol. The van der Waals surface area contributed by atoms with E-state index in [1.165, 1.54) is 0 Å². The quantitative estimate of drug-likeness (QED) is 0.215. The summed E-state index contributed by atoms with van der Waals surface area (Å²) >= 11 is 0. The summed E-state index contributed by atoms with van der Waals surface area (Å²) in [6.45, 7) is 10.1. The highest BCUT2D eigenvalue weighted by atomic mass is 127. The molecule has 0 amide bonds. The van der Waals surface area contributed by atoms with E-state index >= 15 is 0 Å². The summed E-state index contributed by atoms with van der Waals surface area (Å²) in [6.07, 6.45) is 1.26. The zero-order valence-corrected chi connectivity index (χ0v) is 18.0. The summed E-state index contributed by atoms with van der Waals surface area (Å²) in [5, 5.41) is 6.68. The summed E-state index contributed by atoms with van der Waals surface area (Å²) in [6, 6.07) is 0. The van der Waals surface area contributed by atoms with Gasteiger partial charge in [0.2, 0.25) is 0 Å². The van der Waals surface area contributed by atoms with E-state index in [1.54, 1.807) is 7.11 Å². The maximum absolute atomic E-state index is 5.75. The van der Waals surface area contributed by atoms with Crippen molar-refractivity contribution in [1.29, 1.82) is 0 Å². The SMILES string of the molecule is CCNC(=NCC1CN(C)CCO1)NCCN(C)CCCOC.I. The summed E-state index contributed by atoms with van der Waals surface area (Å²) in [5.74, 6) is 0.870. The van der Waals surface area contributed by atoms with Crippen LogP contribution in [0.3, 0.4) is 0 Å². The van der Waals surface area contributed by atoms with Crippen LogP contribution in [0.2, 0.25) is 0 Å². The van der Waals surface area contributed by atoms with Gasteiger partial charge in [0.15, 0.2) is 5.96 Å². The second-order valence-corrected chi connectivity index (χ2v) is 6.05. The Bertz CT molecular complexity index is 334. The highest BCUT2D eigenvalue weighted by Gasteiger charge is 2.17. The van der Waals surface area contributed by atoms with Crippen LogP contribution >= 0.6 is 24.0 Å². The molecular weight excluding hydrogens is 421 g/mol. The lowest BCUT2D eigenvalue weighted by molar-refractivity contribution is -0.0136. The van der Waals surface area contributed by atoms with Gasteiger partial charge in [-0.3, -0.25) is 4.99 Å². The molecule has 1 aliphatic heterocycles. The van der Waals surface area contributed by atoms with E-state index in [4.69, 9.17) is 9.47 Å². The molecule has 0 spiro atoms. The first-order chi connectivity index (χ1) is 11.2. The van der Waals surface area contributed by atoms with Crippen molar-refractivity contribution in [2.75, 3.05) is 80.2 Å². The molecule has 0 aliphatic carbocycles. The van der Waals surface area contributed by atoms with E-state index in [-0.39, 0.29) is 30.1 Å². The van der Waals surface area contributed by atoms with Crippen LogP contribution in [0.1, 0.15) is 13.3 Å². The number of rotatable bonds is 10. The Morgan fingerprint density at radius 1 is 1.38 bits per heavy atom. The molecule has 0 aromatic rings. The Labute approximate surface area is 164 Å². The van der Waals surface area contributed by atoms with Crippen LogP contribution in [-0.2, 0) is 9.47 Å². The largest absolute Gasteiger partial charge is 0.385 e. The molecule has 0 radical (unpaired) electrons. The number of likely N-dealkylation sites (N-methyl/N-ethyl adjacent to an activating group) is 2. The predicted molar refractivity (Wildman–Crippen MR) is 111 cm³/mol. The Balaban J connectivity index is 0.00000529. The maximum Gasteiger partial charge on any atom is 0.191 e. The number of guanidine groups is 1. The van der Waals surface area contributed by atoms with Gasteiger partial charge in [-0.25, -0.2) is 0 Å². The first-order valence-electron chi connectivity index (χ1n) is 8.65. The van der Waals surface area contributed by atoms with E-state index < -0.39 is 0 Å². The molecule has 8 heteroatoms. The lowest BCUT2D eigenvalue weighted by atomic mass is 10.3. The highest BCUT2D eigenvalue weighted by Crippen LogP contribution is 2.02. The van der Waals surface area contributed by atoms with Gasteiger partial charge in [-0.1, -0.05) is 0 Å². The third-order valence-corrected chi connectivity index (χ3v) is 3.81. The number of nitrogens with one attached hydrogen (secondary N) is 2. The average Bonchev–Trinajstić information content (AvgIpc) is 2.53. The maximum atomic E-state index is 5.75. The number of halogens is 1. The Morgan fingerprint density at radius 3 is 2.83 bits per heavy atom. The van der Waals surface area contributed by atoms with Gasteiger partial charge < -0.3 is 29.9 Å². The molecule has 7 nitrogen and oxygen atoms in total. The molecule has 1 saturated heterocycles. The zero-order valence-electron chi connectivity index (χ0n) is 15.7. The number of hydrogen-bond donors (Lipinski definition) is 2. The van der Waals surface area contributed by atoms with Gasteiger partial charge in [0.05, 0.1) is 19.3 Å². The third-order valence-electron chi connectivity index (χ3n) is 3.81. The van der Waals surface area contributed by atoms with Crippen LogP contribution in [0.15, 0.2) is 4.99 Å². The van der Waals surface area contributed by atoms with E-state index in [1.807, 2.05) is 0 Å². The van der Waals surface area contributed by atoms with Gasteiger partial charge in [0, 0.05) is 53.0 Å². The van der Waals surface area contributed by atoms with Crippen molar-refractivity contribution in [2.45, 2.75) is 19.4 Å². The van der Waals surface area contributed by atoms with Crippen molar-refractivity contribution in [1.82, 2.24) is 20.4 Å². The summed E-state index contributed by atoms with van der Waals surface area (Å²) in [4.78, 5) is 9.24. The van der Waals surface area contributed by atoms with E-state index in [2.05, 4.69) is 46.4 Å². The third kappa shape index (κ3) is 11.4. The second-order valence-electron chi connectivity index (χ2n) is 6.05. The zero-order chi connectivity index (χ0) is 16.9. The van der Waals surface area contributed by atoms with Crippen LogP contribution in [-0.4, -0.2) is 102 Å². The molecule has 1 aliphatic rings. The fourth-order valence-corrected chi connectivity index (χ4v) is 2.47. The first kappa shape index (κ1) is 23.8. The lowest BCUT2D eigenvalue weighted by Gasteiger charge is -2.29. The number of methoxy groups -OCH3 is 1. The number of aliphatic imine (C=N–C) groups is 1. The highest BCUT2D eigenvalue weighted by molar-refractivity contribution is 14.0. The second kappa shape index (κ2) is 15.1. The van der Waals surface area contributed by atoms with Gasteiger partial charge in [-0.2, -0.15) is 0 Å². The number of nitrogens with zero attached hydrogens (tertiary/aromatic N) is 3. The average molecular weight is 457 g/mol. The summed E-state index contributed by atoms with van der Waals surface area (Å²) in [7, 11) is 6.00. The van der Waals surface area contributed by atoms with E-state index in [0.29, 0.717) is 6.54 Å². The van der Waals surface area contributed by atoms with Crippen LogP contribution in [0.5, 0.6) is 0 Å². The molecule has 0 bridgehead atoms. The molecule has 2 N–H and O–H groups in total. The Kier molecular flexibility index (Phi) is 15.0. The van der Waals surface area contributed by atoms with Gasteiger partial charge >= 0.3 is 0 Å². The molecule has 0 saturated carbocycles. The molecule has 1 fully saturated rings. The molecule has 1 heterocycles. The van der Waals surface area contributed by atoms with Gasteiger partial charge in [-0.05, 0) is 27.4 Å². The molecule has 144 valence electrons. The number of hydrogen-bond acceptors (Lipinski definition) is 5. The Hall–Kier alpha value is -0.160. The minimum atomic E-state index is 0. The van der Waals surface area contributed by atoms with Crippen molar-refractivity contribution < 1.29 is 9.47 Å². The van der Waals surface area contributed by atoms with Gasteiger partial charge in [0.25, 0.3) is 0 Å². The summed E-state index contributed by atoms with van der Waals surface area (Å²) < 4.78 is 10.8. The number of ether oxygens (including phenoxy) is 2. The van der Waals surface area contributed by atoms with Crippen LogP contribution in [0, 0.1) is 0 Å². The lowest BCUT2D eigenvalue weighted by Crippen LogP contribution is -2.44. The van der Waals surface area contributed by atoms with Crippen LogP contribution in [0.25, 0.3) is 0 Å². The molecule has 1 atom stereocenters. The smallest absolute Gasteiger partial charge is 0.191 e. The molecule has 0 aromatic heterocycles. The van der Waals surface area contributed by atoms with Crippen molar-refractivity contribution in [3.05, 3.63) is 0 Å². The van der Waals surface area contributed by atoms with E-state index in [9.17, 15) is 0 Å². The minimum Gasteiger partial charge on any atom is -0.385 e. The minimum absolute atomic E-state index is 0. The molecule has 1 rings (SSSR count). The van der Waals surface area contributed by atoms with Crippen LogP contribution in [0.4, 0.5) is 0 Å². The first-order valence-corrected chi connectivity index (χ1v) is 8.65. The molecule has 1 unspecified atom stereocenters. The number of morpholine rings is 1. The molecule has 0 aromatic carbocycles. The van der Waals surface area contributed by atoms with E-state index in [0.717, 1.165) is 64.9 Å². The normalized spacial score (nSPS) is 19.2. The van der Waals surface area contributed by atoms with Crippen molar-refractivity contribution in [3.63, 3.8) is 0 Å².